The number of rotatable bonds is 6. The van der Waals surface area contributed by atoms with E-state index in [1.165, 1.54) is 0 Å². The SMILES string of the molecule is CN(CCCN)C(=O)CCn1ncc2ccccc21. The number of carbonyl (C=O) groups excluding carboxylic acids is 1. The second-order valence-electron chi connectivity index (χ2n) is 4.63. The van der Waals surface area contributed by atoms with E-state index in [2.05, 4.69) is 5.10 Å². The summed E-state index contributed by atoms with van der Waals surface area (Å²) in [7, 11) is 1.82. The molecule has 0 saturated carbocycles. The molecule has 2 N–H and O–H groups in total. The highest BCUT2D eigenvalue weighted by Crippen LogP contribution is 2.13. The van der Waals surface area contributed by atoms with Gasteiger partial charge in [0.15, 0.2) is 0 Å². The standard InChI is InChI=1S/C14H20N4O/c1-17(9-4-8-15)14(19)7-10-18-13-6-3-2-5-12(13)11-16-18/h2-3,5-6,11H,4,7-10,15H2,1H3. The monoisotopic (exact) mass is 260 g/mol. The molecule has 19 heavy (non-hydrogen) atoms. The first kappa shape index (κ1) is 13.5. The van der Waals surface area contributed by atoms with E-state index in [1.807, 2.05) is 42.2 Å². The topological polar surface area (TPSA) is 64.2 Å². The first-order valence-corrected chi connectivity index (χ1v) is 6.57. The van der Waals surface area contributed by atoms with Crippen LogP contribution in [0, 0.1) is 0 Å². The molecule has 0 unspecified atom stereocenters. The van der Waals surface area contributed by atoms with Crippen LogP contribution < -0.4 is 5.73 Å². The van der Waals surface area contributed by atoms with Gasteiger partial charge in [-0.3, -0.25) is 9.48 Å². The van der Waals surface area contributed by atoms with Gasteiger partial charge in [-0.15, -0.1) is 0 Å². The highest BCUT2D eigenvalue weighted by atomic mass is 16.2. The molecule has 0 aliphatic heterocycles. The minimum absolute atomic E-state index is 0.132. The van der Waals surface area contributed by atoms with Gasteiger partial charge in [-0.05, 0) is 19.0 Å². The lowest BCUT2D eigenvalue weighted by atomic mass is 10.2. The van der Waals surface area contributed by atoms with Gasteiger partial charge >= 0.3 is 0 Å². The Morgan fingerprint density at radius 3 is 3.00 bits per heavy atom. The van der Waals surface area contributed by atoms with E-state index in [-0.39, 0.29) is 5.91 Å². The van der Waals surface area contributed by atoms with Crippen LogP contribution in [-0.4, -0.2) is 40.7 Å². The van der Waals surface area contributed by atoms with Crippen molar-refractivity contribution >= 4 is 16.8 Å². The maximum absolute atomic E-state index is 11.9. The first-order valence-electron chi connectivity index (χ1n) is 6.57. The summed E-state index contributed by atoms with van der Waals surface area (Å²) in [6.07, 6.45) is 3.14. The minimum Gasteiger partial charge on any atom is -0.346 e. The molecule has 0 atom stereocenters. The van der Waals surface area contributed by atoms with Gasteiger partial charge in [0.2, 0.25) is 5.91 Å². The van der Waals surface area contributed by atoms with E-state index < -0.39 is 0 Å². The number of fused-ring (bicyclic) bond motifs is 1. The number of carbonyl (C=O) groups is 1. The zero-order valence-electron chi connectivity index (χ0n) is 11.2. The number of amides is 1. The van der Waals surface area contributed by atoms with Crippen molar-refractivity contribution in [2.75, 3.05) is 20.1 Å². The summed E-state index contributed by atoms with van der Waals surface area (Å²) < 4.78 is 1.88. The maximum Gasteiger partial charge on any atom is 0.224 e. The van der Waals surface area contributed by atoms with Gasteiger partial charge in [0.05, 0.1) is 18.3 Å². The molecule has 0 aliphatic carbocycles. The Morgan fingerprint density at radius 2 is 2.21 bits per heavy atom. The fraction of sp³-hybridized carbons (Fsp3) is 0.429. The average Bonchev–Trinajstić information content (AvgIpc) is 2.85. The lowest BCUT2D eigenvalue weighted by Gasteiger charge is -2.16. The summed E-state index contributed by atoms with van der Waals surface area (Å²) in [5, 5.41) is 5.42. The Bertz CT molecular complexity index is 549. The maximum atomic E-state index is 11.9. The van der Waals surface area contributed by atoms with Crippen LogP contribution >= 0.6 is 0 Å². The Labute approximate surface area is 113 Å². The predicted molar refractivity (Wildman–Crippen MR) is 75.7 cm³/mol. The molecule has 1 heterocycles. The molecular weight excluding hydrogens is 240 g/mol. The third kappa shape index (κ3) is 3.32. The Kier molecular flexibility index (Phi) is 4.52. The van der Waals surface area contributed by atoms with Crippen molar-refractivity contribution in [3.8, 4) is 0 Å². The summed E-state index contributed by atoms with van der Waals surface area (Å²) in [5.74, 6) is 0.132. The minimum atomic E-state index is 0.132. The quantitative estimate of drug-likeness (QED) is 0.849. The highest BCUT2D eigenvalue weighted by Gasteiger charge is 2.09. The lowest BCUT2D eigenvalue weighted by Crippen LogP contribution is -2.29. The predicted octanol–water partition coefficient (Wildman–Crippen LogP) is 1.23. The van der Waals surface area contributed by atoms with Crippen LogP contribution in [0.4, 0.5) is 0 Å². The molecule has 0 spiro atoms. The van der Waals surface area contributed by atoms with Crippen molar-refractivity contribution in [2.24, 2.45) is 5.73 Å². The summed E-state index contributed by atoms with van der Waals surface area (Å²) in [6.45, 7) is 1.94. The summed E-state index contributed by atoms with van der Waals surface area (Å²) in [6, 6.07) is 8.01. The van der Waals surface area contributed by atoms with Crippen molar-refractivity contribution in [3.63, 3.8) is 0 Å². The van der Waals surface area contributed by atoms with Gasteiger partial charge in [-0.25, -0.2) is 0 Å². The van der Waals surface area contributed by atoms with Crippen LogP contribution in [0.5, 0.6) is 0 Å². The number of nitrogens with two attached hydrogens (primary N) is 1. The van der Waals surface area contributed by atoms with Crippen molar-refractivity contribution in [2.45, 2.75) is 19.4 Å². The molecule has 5 heteroatoms. The molecule has 0 bridgehead atoms. The van der Waals surface area contributed by atoms with Crippen LogP contribution in [0.2, 0.25) is 0 Å². The number of nitrogens with zero attached hydrogens (tertiary/aromatic N) is 3. The average molecular weight is 260 g/mol. The second-order valence-corrected chi connectivity index (χ2v) is 4.63. The van der Waals surface area contributed by atoms with Crippen LogP contribution in [0.15, 0.2) is 30.5 Å². The first-order chi connectivity index (χ1) is 9.22. The molecule has 0 saturated heterocycles. The van der Waals surface area contributed by atoms with Gasteiger partial charge in [-0.1, -0.05) is 18.2 Å². The molecule has 1 aromatic heterocycles. The number of benzene rings is 1. The summed E-state index contributed by atoms with van der Waals surface area (Å²) >= 11 is 0. The number of aryl methyl sites for hydroxylation is 1. The molecule has 0 radical (unpaired) electrons. The Balaban J connectivity index is 1.93. The largest absolute Gasteiger partial charge is 0.346 e. The normalized spacial score (nSPS) is 10.8. The fourth-order valence-electron chi connectivity index (χ4n) is 2.05. The number of hydrogen-bond acceptors (Lipinski definition) is 3. The van der Waals surface area contributed by atoms with Gasteiger partial charge < -0.3 is 10.6 Å². The third-order valence-electron chi connectivity index (χ3n) is 3.21. The Hall–Kier alpha value is -1.88. The fourth-order valence-corrected chi connectivity index (χ4v) is 2.05. The third-order valence-corrected chi connectivity index (χ3v) is 3.21. The lowest BCUT2D eigenvalue weighted by molar-refractivity contribution is -0.130. The molecule has 5 nitrogen and oxygen atoms in total. The second kappa shape index (κ2) is 6.33. The van der Waals surface area contributed by atoms with Crippen LogP contribution in [0.3, 0.4) is 0 Å². The molecule has 1 aromatic carbocycles. The van der Waals surface area contributed by atoms with E-state index in [0.717, 1.165) is 23.9 Å². The van der Waals surface area contributed by atoms with Gasteiger partial charge in [0.1, 0.15) is 0 Å². The molecule has 0 fully saturated rings. The van der Waals surface area contributed by atoms with E-state index in [0.29, 0.717) is 19.5 Å². The highest BCUT2D eigenvalue weighted by molar-refractivity contribution is 5.79. The zero-order valence-corrected chi connectivity index (χ0v) is 11.2. The zero-order chi connectivity index (χ0) is 13.7. The number of para-hydroxylation sites is 1. The molecular formula is C14H20N4O. The number of hydrogen-bond donors (Lipinski definition) is 1. The van der Waals surface area contributed by atoms with Crippen LogP contribution in [0.25, 0.3) is 10.9 Å². The molecule has 2 aromatic rings. The van der Waals surface area contributed by atoms with Gasteiger partial charge in [0.25, 0.3) is 0 Å². The molecule has 2 rings (SSSR count). The van der Waals surface area contributed by atoms with Gasteiger partial charge in [0, 0.05) is 25.4 Å². The van der Waals surface area contributed by atoms with Crippen molar-refractivity contribution in [3.05, 3.63) is 30.5 Å². The summed E-state index contributed by atoms with van der Waals surface area (Å²) in [4.78, 5) is 13.7. The Morgan fingerprint density at radius 1 is 1.42 bits per heavy atom. The van der Waals surface area contributed by atoms with Crippen molar-refractivity contribution in [1.29, 1.82) is 0 Å². The van der Waals surface area contributed by atoms with Crippen molar-refractivity contribution in [1.82, 2.24) is 14.7 Å². The molecule has 1 amide bonds. The van der Waals surface area contributed by atoms with E-state index >= 15 is 0 Å². The van der Waals surface area contributed by atoms with E-state index in [9.17, 15) is 4.79 Å². The van der Waals surface area contributed by atoms with Crippen molar-refractivity contribution < 1.29 is 4.79 Å². The summed E-state index contributed by atoms with van der Waals surface area (Å²) in [5.41, 5.74) is 6.51. The van der Waals surface area contributed by atoms with Crippen LogP contribution in [0.1, 0.15) is 12.8 Å². The smallest absolute Gasteiger partial charge is 0.224 e. The van der Waals surface area contributed by atoms with Crippen LogP contribution in [-0.2, 0) is 11.3 Å². The van der Waals surface area contributed by atoms with E-state index in [1.54, 1.807) is 4.90 Å². The molecule has 0 aliphatic rings. The molecule has 102 valence electrons. The van der Waals surface area contributed by atoms with E-state index in [4.69, 9.17) is 5.73 Å². The number of aromatic nitrogens is 2. The van der Waals surface area contributed by atoms with Gasteiger partial charge in [-0.2, -0.15) is 5.10 Å².